The molecule has 0 aromatic heterocycles. The van der Waals surface area contributed by atoms with Crippen LogP contribution in [-0.4, -0.2) is 62.8 Å². The van der Waals surface area contributed by atoms with E-state index in [1.54, 1.807) is 0 Å². The van der Waals surface area contributed by atoms with Crippen LogP contribution >= 0.6 is 11.6 Å². The zero-order chi connectivity index (χ0) is 26.9. The molecule has 4 rings (SSSR count). The third kappa shape index (κ3) is 6.24. The van der Waals surface area contributed by atoms with Crippen LogP contribution in [0.1, 0.15) is 30.9 Å². The number of morpholine rings is 1. The van der Waals surface area contributed by atoms with Crippen LogP contribution in [0.25, 0.3) is 0 Å². The van der Waals surface area contributed by atoms with Crippen molar-refractivity contribution in [3.8, 4) is 0 Å². The molecular weight excluding hydrogens is 540 g/mol. The number of rotatable bonds is 9. The number of amides is 1. The lowest BCUT2D eigenvalue weighted by Crippen LogP contribution is -2.61. The van der Waals surface area contributed by atoms with Crippen molar-refractivity contribution in [2.45, 2.75) is 48.9 Å². The Morgan fingerprint density at radius 3 is 2.41 bits per heavy atom. The molecule has 2 aromatic carbocycles. The lowest BCUT2D eigenvalue weighted by atomic mass is 9.99. The molecule has 4 unspecified atom stereocenters. The number of anilines is 1. The Bertz CT molecular complexity index is 1180. The molecule has 0 radical (unpaired) electrons. The summed E-state index contributed by atoms with van der Waals surface area (Å²) in [5.41, 5.74) is -0.00523. The van der Waals surface area contributed by atoms with Gasteiger partial charge in [-0.15, -0.1) is 0 Å². The Kier molecular flexibility index (Phi) is 8.10. The smallest absolute Gasteiger partial charge is 0.410 e. The number of halogens is 5. The molecule has 0 spiro atoms. The molecule has 1 N–H and O–H groups in total. The molecule has 2 fully saturated rings. The summed E-state index contributed by atoms with van der Waals surface area (Å²) in [7, 11) is -1.99. The first-order chi connectivity index (χ1) is 17.5. The van der Waals surface area contributed by atoms with Crippen LogP contribution in [0.15, 0.2) is 48.5 Å². The number of alkyl halides is 3. The van der Waals surface area contributed by atoms with Crippen LogP contribution in [0.4, 0.5) is 23.2 Å². The van der Waals surface area contributed by atoms with E-state index in [1.165, 1.54) is 42.5 Å². The molecule has 4 atom stereocenters. The first kappa shape index (κ1) is 27.3. The van der Waals surface area contributed by atoms with Crippen LogP contribution < -0.4 is 4.31 Å². The predicted molar refractivity (Wildman–Crippen MR) is 128 cm³/mol. The maximum atomic E-state index is 14.7. The molecule has 1 saturated heterocycles. The Balaban J connectivity index is 1.78. The summed E-state index contributed by atoms with van der Waals surface area (Å²) in [5, 5.41) is 9.06. The number of nitrogens with zero attached hydrogens (tertiary/aromatic N) is 2. The fourth-order valence-electron chi connectivity index (χ4n) is 4.17. The predicted octanol–water partition coefficient (Wildman–Crippen LogP) is 4.49. The van der Waals surface area contributed by atoms with Gasteiger partial charge in [-0.2, -0.15) is 13.2 Å². The molecule has 1 saturated carbocycles. The largest absolute Gasteiger partial charge is 0.481 e. The fourth-order valence-corrected chi connectivity index (χ4v) is 5.83. The molecule has 1 heterocycles. The zero-order valence-corrected chi connectivity index (χ0v) is 20.8. The maximum absolute atomic E-state index is 14.7. The Hall–Kier alpha value is -2.70. The van der Waals surface area contributed by atoms with Gasteiger partial charge in [0.2, 0.25) is 0 Å². The van der Waals surface area contributed by atoms with Crippen molar-refractivity contribution in [1.82, 2.24) is 4.90 Å². The maximum Gasteiger partial charge on any atom is 0.410 e. The Labute approximate surface area is 217 Å². The standard InChI is InChI=1S/C24H23ClF4N2O5S/c25-15-7-5-14(6-8-15)19-13-36-20(11-22(32)33)23(34)31(19)21(24(27,28)29)12-30(37(35)16-9-10-16)18-4-2-1-3-17(18)26/h1-8,16,19-21H,9-13H2,(H,32,33). The summed E-state index contributed by atoms with van der Waals surface area (Å²) in [6, 6.07) is 7.02. The topological polar surface area (TPSA) is 87.2 Å². The van der Waals surface area contributed by atoms with Crippen LogP contribution in [0, 0.1) is 5.82 Å². The summed E-state index contributed by atoms with van der Waals surface area (Å²) in [6.07, 6.45) is -6.50. The van der Waals surface area contributed by atoms with Crippen LogP contribution in [0.3, 0.4) is 0 Å². The van der Waals surface area contributed by atoms with Gasteiger partial charge in [0.15, 0.2) is 0 Å². The van der Waals surface area contributed by atoms with Crippen molar-refractivity contribution in [2.75, 3.05) is 17.5 Å². The average Bonchev–Trinajstić information content (AvgIpc) is 3.67. The molecule has 7 nitrogen and oxygen atoms in total. The van der Waals surface area contributed by atoms with Gasteiger partial charge < -0.3 is 14.7 Å². The lowest BCUT2D eigenvalue weighted by Gasteiger charge is -2.45. The van der Waals surface area contributed by atoms with Crippen LogP contribution in [-0.2, 0) is 25.3 Å². The molecular formula is C24H23ClF4N2O5S. The number of carboxylic acid groups (broad SMARTS) is 1. The van der Waals surface area contributed by atoms with Gasteiger partial charge in [-0.3, -0.25) is 13.9 Å². The van der Waals surface area contributed by atoms with Gasteiger partial charge in [0, 0.05) is 5.02 Å². The van der Waals surface area contributed by atoms with E-state index < -0.39 is 77.9 Å². The number of hydrogen-bond donors (Lipinski definition) is 1. The highest BCUT2D eigenvalue weighted by atomic mass is 35.5. The fraction of sp³-hybridized carbons (Fsp3) is 0.417. The van der Waals surface area contributed by atoms with Crippen molar-refractivity contribution in [2.24, 2.45) is 0 Å². The molecule has 13 heteroatoms. The van der Waals surface area contributed by atoms with Crippen molar-refractivity contribution in [1.29, 1.82) is 0 Å². The highest BCUT2D eigenvalue weighted by molar-refractivity contribution is 7.87. The first-order valence-corrected chi connectivity index (χ1v) is 12.9. The van der Waals surface area contributed by atoms with Gasteiger partial charge >= 0.3 is 12.1 Å². The van der Waals surface area contributed by atoms with E-state index in [0.29, 0.717) is 22.8 Å². The van der Waals surface area contributed by atoms with E-state index in [1.807, 2.05) is 0 Å². The second-order valence-corrected chi connectivity index (χ2v) is 10.9. The van der Waals surface area contributed by atoms with Crippen LogP contribution in [0.5, 0.6) is 0 Å². The molecule has 2 aliphatic rings. The van der Waals surface area contributed by atoms with Gasteiger partial charge in [0.1, 0.15) is 28.9 Å². The van der Waals surface area contributed by atoms with E-state index in [4.69, 9.17) is 21.4 Å². The number of benzene rings is 2. The average molecular weight is 563 g/mol. The van der Waals surface area contributed by atoms with Gasteiger partial charge in [0.05, 0.1) is 36.6 Å². The molecule has 200 valence electrons. The van der Waals surface area contributed by atoms with Crippen molar-refractivity contribution in [3.63, 3.8) is 0 Å². The summed E-state index contributed by atoms with van der Waals surface area (Å²) in [6.45, 7) is -1.44. The number of aliphatic carboxylic acids is 1. The highest BCUT2D eigenvalue weighted by Crippen LogP contribution is 2.39. The van der Waals surface area contributed by atoms with Gasteiger partial charge in [0.25, 0.3) is 5.91 Å². The summed E-state index contributed by atoms with van der Waals surface area (Å²) < 4.78 is 78.2. The van der Waals surface area contributed by atoms with Crippen molar-refractivity contribution < 1.29 is 41.2 Å². The lowest BCUT2D eigenvalue weighted by molar-refractivity contribution is -0.211. The number of hydrogen-bond acceptors (Lipinski definition) is 4. The minimum Gasteiger partial charge on any atom is -0.481 e. The molecule has 1 amide bonds. The summed E-state index contributed by atoms with van der Waals surface area (Å²) in [5.74, 6) is -3.46. The molecule has 37 heavy (non-hydrogen) atoms. The zero-order valence-electron chi connectivity index (χ0n) is 19.2. The minimum atomic E-state index is -5.04. The van der Waals surface area contributed by atoms with E-state index in [9.17, 15) is 31.4 Å². The third-order valence-corrected chi connectivity index (χ3v) is 8.21. The summed E-state index contributed by atoms with van der Waals surface area (Å²) in [4.78, 5) is 25.2. The SMILES string of the molecule is O=C(O)CC1OCC(c2ccc(Cl)cc2)N(C(CN(c2ccccc2F)S(=O)C2CC2)C(F)(F)F)C1=O. The van der Waals surface area contributed by atoms with E-state index >= 15 is 0 Å². The second-order valence-electron chi connectivity index (χ2n) is 8.78. The Morgan fingerprint density at radius 1 is 1.19 bits per heavy atom. The molecule has 1 aliphatic heterocycles. The second kappa shape index (κ2) is 11.0. The number of carbonyl (C=O) groups excluding carboxylic acids is 1. The van der Waals surface area contributed by atoms with E-state index in [0.717, 1.165) is 10.4 Å². The molecule has 1 aliphatic carbocycles. The number of para-hydroxylation sites is 1. The Morgan fingerprint density at radius 2 is 1.84 bits per heavy atom. The number of carbonyl (C=O) groups is 2. The highest BCUT2D eigenvalue weighted by Gasteiger charge is 2.53. The van der Waals surface area contributed by atoms with Crippen LogP contribution in [0.2, 0.25) is 5.02 Å². The van der Waals surface area contributed by atoms with E-state index in [2.05, 4.69) is 0 Å². The summed E-state index contributed by atoms with van der Waals surface area (Å²) >= 11 is 5.92. The van der Waals surface area contributed by atoms with Crippen molar-refractivity contribution in [3.05, 3.63) is 64.9 Å². The minimum absolute atomic E-state index is 0.279. The van der Waals surface area contributed by atoms with Gasteiger partial charge in [-0.25, -0.2) is 8.60 Å². The van der Waals surface area contributed by atoms with Crippen molar-refractivity contribution >= 4 is 40.2 Å². The third-order valence-electron chi connectivity index (χ3n) is 6.14. The number of carboxylic acids is 1. The van der Waals surface area contributed by atoms with Gasteiger partial charge in [-0.1, -0.05) is 35.9 Å². The first-order valence-electron chi connectivity index (χ1n) is 11.4. The normalized spacial score (nSPS) is 22.0. The quantitative estimate of drug-likeness (QED) is 0.455. The van der Waals surface area contributed by atoms with E-state index in [-0.39, 0.29) is 11.3 Å². The monoisotopic (exact) mass is 562 g/mol. The molecule has 0 bridgehead atoms. The number of ether oxygens (including phenoxy) is 1. The van der Waals surface area contributed by atoms with Gasteiger partial charge in [-0.05, 0) is 42.7 Å². The molecule has 2 aromatic rings.